The van der Waals surface area contributed by atoms with Gasteiger partial charge in [-0.3, -0.25) is 14.7 Å². The lowest BCUT2D eigenvalue weighted by atomic mass is 10.1. The molecule has 3 amide bonds. The summed E-state index contributed by atoms with van der Waals surface area (Å²) in [5.74, 6) is 0.554. The molecule has 1 saturated heterocycles. The van der Waals surface area contributed by atoms with E-state index < -0.39 is 0 Å². The van der Waals surface area contributed by atoms with Crippen molar-refractivity contribution in [3.8, 4) is 0 Å². The van der Waals surface area contributed by atoms with Crippen molar-refractivity contribution in [2.24, 2.45) is 4.99 Å². The predicted molar refractivity (Wildman–Crippen MR) is 93.7 cm³/mol. The highest BCUT2D eigenvalue weighted by molar-refractivity contribution is 6.01. The van der Waals surface area contributed by atoms with Crippen molar-refractivity contribution in [1.29, 1.82) is 0 Å². The maximum Gasteiger partial charge on any atom is 0.324 e. The third-order valence-electron chi connectivity index (χ3n) is 3.76. The van der Waals surface area contributed by atoms with Crippen molar-refractivity contribution in [2.45, 2.75) is 20.4 Å². The average molecular weight is 331 g/mol. The fraction of sp³-hybridized carbons (Fsp3) is 0.471. The van der Waals surface area contributed by atoms with Gasteiger partial charge in [0, 0.05) is 20.1 Å². The number of nitrogens with one attached hydrogen (secondary N) is 2. The Morgan fingerprint density at radius 1 is 1.33 bits per heavy atom. The van der Waals surface area contributed by atoms with Crippen molar-refractivity contribution >= 4 is 17.9 Å². The van der Waals surface area contributed by atoms with Crippen LogP contribution in [0, 0.1) is 6.92 Å². The van der Waals surface area contributed by atoms with Crippen LogP contribution in [0.3, 0.4) is 0 Å². The van der Waals surface area contributed by atoms with Crippen LogP contribution in [-0.4, -0.2) is 60.9 Å². The zero-order chi connectivity index (χ0) is 17.5. The molecule has 7 heteroatoms. The molecule has 2 N–H and O–H groups in total. The molecule has 24 heavy (non-hydrogen) atoms. The van der Waals surface area contributed by atoms with Gasteiger partial charge in [0.1, 0.15) is 0 Å². The minimum Gasteiger partial charge on any atom is -0.357 e. The maximum absolute atomic E-state index is 11.6. The number of nitrogens with zero attached hydrogens (tertiary/aromatic N) is 3. The van der Waals surface area contributed by atoms with Crippen LogP contribution >= 0.6 is 0 Å². The Kier molecular flexibility index (Phi) is 6.17. The van der Waals surface area contributed by atoms with Gasteiger partial charge in [-0.2, -0.15) is 0 Å². The summed E-state index contributed by atoms with van der Waals surface area (Å²) in [5.41, 5.74) is 2.43. The van der Waals surface area contributed by atoms with Crippen molar-refractivity contribution in [3.63, 3.8) is 0 Å². The Morgan fingerprint density at radius 2 is 2.04 bits per heavy atom. The average Bonchev–Trinajstić information content (AvgIpc) is 2.88. The molecule has 0 unspecified atom stereocenters. The van der Waals surface area contributed by atoms with Gasteiger partial charge in [0.05, 0.1) is 19.6 Å². The number of guanidine groups is 1. The second kappa shape index (κ2) is 8.33. The molecular formula is C17H25N5O2. The molecule has 0 aliphatic carbocycles. The first-order valence-electron chi connectivity index (χ1n) is 8.14. The summed E-state index contributed by atoms with van der Waals surface area (Å²) in [4.78, 5) is 30.8. The number of carbonyl (C=O) groups is 2. The van der Waals surface area contributed by atoms with E-state index in [9.17, 15) is 9.59 Å². The molecule has 0 atom stereocenters. The van der Waals surface area contributed by atoms with Gasteiger partial charge in [0.15, 0.2) is 5.96 Å². The first-order valence-corrected chi connectivity index (χ1v) is 8.14. The maximum atomic E-state index is 11.6. The SMILES string of the molecule is CCNC(=NCCN1C(=O)CNC1=O)N(C)Cc1ccc(C)cc1. The van der Waals surface area contributed by atoms with Crippen LogP contribution in [0.1, 0.15) is 18.1 Å². The third kappa shape index (κ3) is 4.71. The normalized spacial score (nSPS) is 14.8. The molecule has 7 nitrogen and oxygen atoms in total. The Bertz CT molecular complexity index is 596. The highest BCUT2D eigenvalue weighted by Crippen LogP contribution is 2.06. The third-order valence-corrected chi connectivity index (χ3v) is 3.76. The lowest BCUT2D eigenvalue weighted by Gasteiger charge is -2.22. The number of benzene rings is 1. The molecule has 0 spiro atoms. The van der Waals surface area contributed by atoms with E-state index in [1.54, 1.807) is 0 Å². The summed E-state index contributed by atoms with van der Waals surface area (Å²) < 4.78 is 0. The highest BCUT2D eigenvalue weighted by atomic mass is 16.2. The van der Waals surface area contributed by atoms with Crippen LogP contribution in [-0.2, 0) is 11.3 Å². The van der Waals surface area contributed by atoms with E-state index in [0.29, 0.717) is 6.54 Å². The molecule has 1 aliphatic rings. The van der Waals surface area contributed by atoms with Crippen LogP contribution in [0.25, 0.3) is 0 Å². The standard InChI is InChI=1S/C17H25N5O2/c1-4-18-16(19-9-10-22-15(23)11-20-17(22)24)21(3)12-14-7-5-13(2)6-8-14/h5-8H,4,9-12H2,1-3H3,(H,18,19)(H,20,24). The lowest BCUT2D eigenvalue weighted by molar-refractivity contribution is -0.124. The smallest absolute Gasteiger partial charge is 0.324 e. The number of hydrogen-bond acceptors (Lipinski definition) is 3. The number of aliphatic imine (C=N–C) groups is 1. The van der Waals surface area contributed by atoms with Gasteiger partial charge >= 0.3 is 6.03 Å². The number of imide groups is 1. The largest absolute Gasteiger partial charge is 0.357 e. The predicted octanol–water partition coefficient (Wildman–Crippen LogP) is 0.944. The van der Waals surface area contributed by atoms with Crippen molar-refractivity contribution < 1.29 is 9.59 Å². The Hall–Kier alpha value is -2.57. The fourth-order valence-electron chi connectivity index (χ4n) is 2.45. The second-order valence-electron chi connectivity index (χ2n) is 5.78. The molecule has 0 bridgehead atoms. The summed E-state index contributed by atoms with van der Waals surface area (Å²) in [7, 11) is 1.97. The minimum absolute atomic E-state index is 0.0793. The fourth-order valence-corrected chi connectivity index (χ4v) is 2.45. The van der Waals surface area contributed by atoms with E-state index in [4.69, 9.17) is 0 Å². The molecule has 0 radical (unpaired) electrons. The van der Waals surface area contributed by atoms with Gasteiger partial charge < -0.3 is 15.5 Å². The highest BCUT2D eigenvalue weighted by Gasteiger charge is 2.27. The van der Waals surface area contributed by atoms with Gasteiger partial charge in [-0.25, -0.2) is 4.79 Å². The topological polar surface area (TPSA) is 77.0 Å². The van der Waals surface area contributed by atoms with Gasteiger partial charge in [-0.05, 0) is 19.4 Å². The van der Waals surface area contributed by atoms with E-state index in [2.05, 4.69) is 46.8 Å². The first kappa shape index (κ1) is 17.8. The molecule has 1 aliphatic heterocycles. The number of urea groups is 1. The number of aryl methyl sites for hydroxylation is 1. The first-order chi connectivity index (χ1) is 11.5. The molecule has 1 aromatic rings. The Labute approximate surface area is 142 Å². The summed E-state index contributed by atoms with van der Waals surface area (Å²) in [6, 6.07) is 8.04. The molecule has 1 heterocycles. The van der Waals surface area contributed by atoms with E-state index >= 15 is 0 Å². The molecule has 1 aromatic carbocycles. The quantitative estimate of drug-likeness (QED) is 0.462. The number of hydrogen-bond donors (Lipinski definition) is 2. The van der Waals surface area contributed by atoms with Crippen LogP contribution in [0.4, 0.5) is 4.79 Å². The van der Waals surface area contributed by atoms with Gasteiger partial charge in [-0.15, -0.1) is 0 Å². The van der Waals surface area contributed by atoms with E-state index in [1.165, 1.54) is 16.0 Å². The van der Waals surface area contributed by atoms with Crippen LogP contribution in [0.15, 0.2) is 29.3 Å². The monoisotopic (exact) mass is 331 g/mol. The Morgan fingerprint density at radius 3 is 2.62 bits per heavy atom. The van der Waals surface area contributed by atoms with E-state index in [0.717, 1.165) is 19.0 Å². The van der Waals surface area contributed by atoms with E-state index in [-0.39, 0.29) is 25.0 Å². The molecular weight excluding hydrogens is 306 g/mol. The number of amides is 3. The molecule has 1 fully saturated rings. The lowest BCUT2D eigenvalue weighted by Crippen LogP contribution is -2.39. The van der Waals surface area contributed by atoms with Crippen molar-refractivity contribution in [1.82, 2.24) is 20.4 Å². The number of carbonyl (C=O) groups excluding carboxylic acids is 2. The summed E-state index contributed by atoms with van der Waals surface area (Å²) >= 11 is 0. The molecule has 2 rings (SSSR count). The molecule has 130 valence electrons. The van der Waals surface area contributed by atoms with Crippen molar-refractivity contribution in [2.75, 3.05) is 33.2 Å². The summed E-state index contributed by atoms with van der Waals surface area (Å²) in [6.45, 7) is 6.30. The zero-order valence-electron chi connectivity index (χ0n) is 14.5. The second-order valence-corrected chi connectivity index (χ2v) is 5.78. The molecule has 0 saturated carbocycles. The summed E-state index contributed by atoms with van der Waals surface area (Å²) in [6.07, 6.45) is 0. The van der Waals surface area contributed by atoms with Crippen LogP contribution in [0.5, 0.6) is 0 Å². The van der Waals surface area contributed by atoms with Crippen LogP contribution < -0.4 is 10.6 Å². The van der Waals surface area contributed by atoms with Gasteiger partial charge in [0.2, 0.25) is 5.91 Å². The number of rotatable bonds is 6. The van der Waals surface area contributed by atoms with Crippen LogP contribution in [0.2, 0.25) is 0 Å². The zero-order valence-corrected chi connectivity index (χ0v) is 14.5. The van der Waals surface area contributed by atoms with Crippen molar-refractivity contribution in [3.05, 3.63) is 35.4 Å². The Balaban J connectivity index is 1.95. The summed E-state index contributed by atoms with van der Waals surface area (Å²) in [5, 5.41) is 5.74. The van der Waals surface area contributed by atoms with Gasteiger partial charge in [0.25, 0.3) is 0 Å². The van der Waals surface area contributed by atoms with Gasteiger partial charge in [-0.1, -0.05) is 29.8 Å². The molecule has 0 aromatic heterocycles. The minimum atomic E-state index is -0.340. The van der Waals surface area contributed by atoms with E-state index in [1.807, 2.05) is 18.9 Å².